The molecule has 1 aliphatic heterocycles. The van der Waals surface area contributed by atoms with E-state index in [4.69, 9.17) is 10.1 Å². The zero-order valence-electron chi connectivity index (χ0n) is 28.6. The van der Waals surface area contributed by atoms with Crippen molar-refractivity contribution in [2.24, 2.45) is 13.0 Å². The van der Waals surface area contributed by atoms with Crippen molar-refractivity contribution in [2.45, 2.75) is 79.4 Å². The molecule has 9 rings (SSSR count). The predicted octanol–water partition coefficient (Wildman–Crippen LogP) is 4.73. The van der Waals surface area contributed by atoms with Gasteiger partial charge in [-0.25, -0.2) is 36.8 Å². The van der Waals surface area contributed by atoms with Gasteiger partial charge in [-0.15, -0.1) is 0 Å². The number of nitrogens with one attached hydrogen (secondary N) is 2. The summed E-state index contributed by atoms with van der Waals surface area (Å²) in [6.07, 6.45) is 3.22. The molecule has 2 unspecified atom stereocenters. The van der Waals surface area contributed by atoms with Crippen LogP contribution in [0.3, 0.4) is 0 Å². The number of hydrogen-bond acceptors (Lipinski definition) is 10. The first-order valence-electron chi connectivity index (χ1n) is 17.3. The Balaban J connectivity index is 1.14. The van der Waals surface area contributed by atoms with Crippen LogP contribution in [0.15, 0.2) is 41.0 Å². The molecule has 53 heavy (non-hydrogen) atoms. The molecule has 2 saturated carbocycles. The molecule has 2 N–H and O–H groups in total. The standard InChI is InChI=1S/C33H34F3N11O4S2/c1-17-26(31-39-16-46(44-31)14-18-5-6-18)20-12-25(53(50,51)47-9-3-4-10-47)41-30(20)42-28(17)19-7-8-23(19)52(48,49)24-11-21-27(32-38-15-45(2)43-32)22(33(34,35)36)13-37-29(21)40-24/h11-13,15-16,18-19,23H,3-10,14H2,1-2H3,(H,37,40)(H,41,42). The molecule has 3 aliphatic rings. The Morgan fingerprint density at radius 1 is 0.849 bits per heavy atom. The lowest BCUT2D eigenvalue weighted by Gasteiger charge is -2.36. The fourth-order valence-corrected chi connectivity index (χ4v) is 11.1. The Hall–Kier alpha value is -4.69. The summed E-state index contributed by atoms with van der Waals surface area (Å²) in [7, 11) is -6.53. The Kier molecular flexibility index (Phi) is 7.66. The highest BCUT2D eigenvalue weighted by molar-refractivity contribution is 7.92. The Bertz CT molecular complexity index is 2650. The van der Waals surface area contributed by atoms with Crippen LogP contribution in [-0.4, -0.2) is 88.9 Å². The lowest BCUT2D eigenvalue weighted by Crippen LogP contribution is -2.38. The highest BCUT2D eigenvalue weighted by atomic mass is 32.2. The quantitative estimate of drug-likeness (QED) is 0.208. The molecule has 2 atom stereocenters. The molecule has 20 heteroatoms. The number of fused-ring (bicyclic) bond motifs is 2. The van der Waals surface area contributed by atoms with E-state index in [9.17, 15) is 30.0 Å². The number of pyridine rings is 2. The maximum atomic E-state index is 14.4. The summed E-state index contributed by atoms with van der Waals surface area (Å²) < 4.78 is 103. The zero-order valence-corrected chi connectivity index (χ0v) is 30.2. The number of hydrogen-bond donors (Lipinski definition) is 2. The summed E-state index contributed by atoms with van der Waals surface area (Å²) >= 11 is 0. The number of H-pyrrole nitrogens is 2. The number of rotatable bonds is 9. The third-order valence-electron chi connectivity index (χ3n) is 10.6. The van der Waals surface area contributed by atoms with E-state index < -0.39 is 42.8 Å². The van der Waals surface area contributed by atoms with Crippen LogP contribution in [0.4, 0.5) is 13.2 Å². The Labute approximate surface area is 301 Å². The van der Waals surface area contributed by atoms with Crippen LogP contribution < -0.4 is 0 Å². The van der Waals surface area contributed by atoms with E-state index in [-0.39, 0.29) is 44.5 Å². The molecular formula is C33H34F3N11O4S2. The highest BCUT2D eigenvalue weighted by Crippen LogP contribution is 2.47. The molecule has 2 aliphatic carbocycles. The zero-order chi connectivity index (χ0) is 37.0. The minimum atomic E-state index is -4.81. The first kappa shape index (κ1) is 34.1. The van der Waals surface area contributed by atoms with Crippen LogP contribution >= 0.6 is 0 Å². The van der Waals surface area contributed by atoms with Crippen LogP contribution in [-0.2, 0) is 39.6 Å². The third kappa shape index (κ3) is 5.63. The van der Waals surface area contributed by atoms with Gasteiger partial charge in [0.15, 0.2) is 21.5 Å². The van der Waals surface area contributed by atoms with Gasteiger partial charge in [-0.05, 0) is 69.1 Å². The van der Waals surface area contributed by atoms with E-state index in [0.717, 1.165) is 25.7 Å². The van der Waals surface area contributed by atoms with Gasteiger partial charge in [-0.1, -0.05) is 0 Å². The average Bonchev–Trinajstić information content (AvgIpc) is 3.69. The highest BCUT2D eigenvalue weighted by Gasteiger charge is 2.46. The van der Waals surface area contributed by atoms with Crippen molar-refractivity contribution in [1.82, 2.24) is 53.8 Å². The Morgan fingerprint density at radius 3 is 2.19 bits per heavy atom. The van der Waals surface area contributed by atoms with Crippen LogP contribution in [0.2, 0.25) is 0 Å². The summed E-state index contributed by atoms with van der Waals surface area (Å²) in [5, 5.41) is 7.94. The predicted molar refractivity (Wildman–Crippen MR) is 185 cm³/mol. The minimum Gasteiger partial charge on any atom is -0.330 e. The number of aromatic nitrogens is 10. The molecule has 0 spiro atoms. The van der Waals surface area contributed by atoms with Gasteiger partial charge >= 0.3 is 6.18 Å². The van der Waals surface area contributed by atoms with E-state index in [1.165, 1.54) is 28.4 Å². The maximum Gasteiger partial charge on any atom is 0.418 e. The number of alkyl halides is 3. The number of aromatic amines is 2. The largest absolute Gasteiger partial charge is 0.418 e. The van der Waals surface area contributed by atoms with Crippen LogP contribution in [0.1, 0.15) is 61.3 Å². The molecule has 0 bridgehead atoms. The summed E-state index contributed by atoms with van der Waals surface area (Å²) in [6, 6.07) is 2.72. The fourth-order valence-electron chi connectivity index (χ4n) is 7.58. The molecule has 0 radical (unpaired) electrons. The summed E-state index contributed by atoms with van der Waals surface area (Å²) in [4.78, 5) is 23.2. The van der Waals surface area contributed by atoms with Crippen LogP contribution in [0.25, 0.3) is 44.8 Å². The summed E-state index contributed by atoms with van der Waals surface area (Å²) in [5.74, 6) is 0.0565. The second kappa shape index (κ2) is 11.9. The first-order chi connectivity index (χ1) is 25.2. The molecule has 278 valence electrons. The van der Waals surface area contributed by atoms with Gasteiger partial charge in [0.25, 0.3) is 10.0 Å². The van der Waals surface area contributed by atoms with E-state index in [2.05, 4.69) is 30.0 Å². The topological polar surface area (TPSA) is 190 Å². The molecule has 3 fully saturated rings. The minimum absolute atomic E-state index is 0.0168. The molecule has 6 aromatic rings. The van der Waals surface area contributed by atoms with Crippen molar-refractivity contribution in [2.75, 3.05) is 13.1 Å². The maximum absolute atomic E-state index is 14.4. The van der Waals surface area contributed by atoms with E-state index in [0.29, 0.717) is 66.2 Å². The van der Waals surface area contributed by atoms with Crippen molar-refractivity contribution in [3.8, 4) is 22.8 Å². The second-order valence-corrected chi connectivity index (χ2v) is 18.2. The molecule has 7 heterocycles. The van der Waals surface area contributed by atoms with Gasteiger partial charge in [0.2, 0.25) is 0 Å². The molecule has 1 saturated heterocycles. The summed E-state index contributed by atoms with van der Waals surface area (Å²) in [6.45, 7) is 3.34. The normalized spacial score (nSPS) is 20.2. The number of aryl methyl sites for hydroxylation is 1. The monoisotopic (exact) mass is 769 g/mol. The summed E-state index contributed by atoms with van der Waals surface area (Å²) in [5.41, 5.74) is 0.368. The van der Waals surface area contributed by atoms with Gasteiger partial charge < -0.3 is 9.97 Å². The van der Waals surface area contributed by atoms with Gasteiger partial charge in [0, 0.05) is 60.7 Å². The van der Waals surface area contributed by atoms with Crippen LogP contribution in [0, 0.1) is 12.8 Å². The van der Waals surface area contributed by atoms with Crippen LogP contribution in [0.5, 0.6) is 0 Å². The number of halogens is 3. The van der Waals surface area contributed by atoms with Crippen molar-refractivity contribution in [3.05, 3.63) is 47.8 Å². The van der Waals surface area contributed by atoms with Crippen molar-refractivity contribution < 1.29 is 30.0 Å². The van der Waals surface area contributed by atoms with Crippen molar-refractivity contribution >= 4 is 41.9 Å². The molecule has 0 aromatic carbocycles. The Morgan fingerprint density at radius 2 is 1.53 bits per heavy atom. The van der Waals surface area contributed by atoms with Gasteiger partial charge in [-0.3, -0.25) is 9.36 Å². The smallest absolute Gasteiger partial charge is 0.330 e. The first-order valence-corrected chi connectivity index (χ1v) is 20.3. The van der Waals surface area contributed by atoms with E-state index in [1.807, 2.05) is 0 Å². The molecule has 0 amide bonds. The number of sulfone groups is 1. The van der Waals surface area contributed by atoms with Gasteiger partial charge in [0.1, 0.15) is 34.0 Å². The fraction of sp³-hybridized carbons (Fsp3) is 0.455. The SMILES string of the molecule is Cc1c(C2CCC2S(=O)(=O)c2cc3c(-c4ncn(C)n4)c(C(F)(F)F)cnc3[nH]2)nc2[nH]c(S(=O)(=O)N3CCCC3)cc2c1-c1ncn(CC2CC2)n1. The number of nitrogens with zero attached hydrogens (tertiary/aromatic N) is 9. The molecule has 15 nitrogen and oxygen atoms in total. The second-order valence-electron chi connectivity index (χ2n) is 14.2. The lowest BCUT2D eigenvalue weighted by atomic mass is 9.79. The third-order valence-corrected chi connectivity index (χ3v) is 14.7. The average molecular weight is 770 g/mol. The van der Waals surface area contributed by atoms with E-state index >= 15 is 0 Å². The van der Waals surface area contributed by atoms with Gasteiger partial charge in [0.05, 0.1) is 16.5 Å². The van der Waals surface area contributed by atoms with Crippen molar-refractivity contribution in [3.63, 3.8) is 0 Å². The number of sulfonamides is 1. The molecule has 6 aromatic heterocycles. The lowest BCUT2D eigenvalue weighted by molar-refractivity contribution is -0.137. The van der Waals surface area contributed by atoms with Crippen molar-refractivity contribution in [1.29, 1.82) is 0 Å². The molecular weight excluding hydrogens is 736 g/mol. The van der Waals surface area contributed by atoms with E-state index in [1.54, 1.807) is 24.0 Å². The van der Waals surface area contributed by atoms with Gasteiger partial charge in [-0.2, -0.15) is 27.7 Å².